The first-order valence-corrected chi connectivity index (χ1v) is 8.90. The fraction of sp³-hybridized carbons (Fsp3) is 0.667. The van der Waals surface area contributed by atoms with Crippen LogP contribution in [0.5, 0.6) is 0 Å². The van der Waals surface area contributed by atoms with Gasteiger partial charge in [-0.3, -0.25) is 14.7 Å². The molecule has 0 spiro atoms. The van der Waals surface area contributed by atoms with Crippen LogP contribution in [0.4, 0.5) is 5.69 Å². The molecule has 2 aliphatic rings. The maximum Gasteiger partial charge on any atom is 0.224 e. The smallest absolute Gasteiger partial charge is 0.224 e. The summed E-state index contributed by atoms with van der Waals surface area (Å²) >= 11 is 0. The van der Waals surface area contributed by atoms with E-state index in [0.717, 1.165) is 52.5 Å². The molecule has 0 saturated carbocycles. The molecule has 1 atom stereocenters. The third-order valence-corrected chi connectivity index (χ3v) is 5.10. The topological polar surface area (TPSA) is 48.9 Å². The van der Waals surface area contributed by atoms with Gasteiger partial charge in [0.1, 0.15) is 0 Å². The van der Waals surface area contributed by atoms with Crippen LogP contribution in [0, 0.1) is 6.92 Å². The summed E-state index contributed by atoms with van der Waals surface area (Å²) in [6, 6.07) is 2.36. The van der Waals surface area contributed by atoms with E-state index in [4.69, 9.17) is 4.74 Å². The highest BCUT2D eigenvalue weighted by molar-refractivity contribution is 5.77. The lowest BCUT2D eigenvalue weighted by atomic mass is 10.1. The second kappa shape index (κ2) is 7.94. The van der Waals surface area contributed by atoms with Gasteiger partial charge in [0.2, 0.25) is 5.91 Å². The lowest BCUT2D eigenvalue weighted by Gasteiger charge is -2.38. The van der Waals surface area contributed by atoms with Crippen molar-refractivity contribution >= 4 is 11.6 Å². The molecule has 0 radical (unpaired) electrons. The van der Waals surface area contributed by atoms with Crippen LogP contribution in [0.1, 0.15) is 18.9 Å². The Morgan fingerprint density at radius 1 is 1.21 bits per heavy atom. The van der Waals surface area contributed by atoms with E-state index in [-0.39, 0.29) is 5.91 Å². The standard InChI is InChI=1S/C18H28N4O2/c1-15-14-19-4-3-17(15)21-5-7-22(8-6-21)18(23)13-16(2)20-9-11-24-12-10-20/h3-4,14,16H,5-13H2,1-2H3. The number of hydrogen-bond donors (Lipinski definition) is 0. The SMILES string of the molecule is Cc1cnccc1N1CCN(C(=O)CC(C)N2CCOCC2)CC1. The van der Waals surface area contributed by atoms with Gasteiger partial charge in [0, 0.05) is 69.8 Å². The Morgan fingerprint density at radius 3 is 2.58 bits per heavy atom. The molecular weight excluding hydrogens is 304 g/mol. The highest BCUT2D eigenvalue weighted by Crippen LogP contribution is 2.20. The van der Waals surface area contributed by atoms with Crippen LogP contribution in [-0.2, 0) is 9.53 Å². The van der Waals surface area contributed by atoms with Crippen LogP contribution in [-0.4, -0.2) is 79.2 Å². The number of anilines is 1. The van der Waals surface area contributed by atoms with Crippen LogP contribution in [0.15, 0.2) is 18.5 Å². The van der Waals surface area contributed by atoms with Gasteiger partial charge in [-0.25, -0.2) is 0 Å². The number of aromatic nitrogens is 1. The number of hydrogen-bond acceptors (Lipinski definition) is 5. The van der Waals surface area contributed by atoms with E-state index in [2.05, 4.69) is 34.7 Å². The Hall–Kier alpha value is -1.66. The molecule has 3 rings (SSSR count). The number of aryl methyl sites for hydroxylation is 1. The van der Waals surface area contributed by atoms with E-state index in [1.54, 1.807) is 0 Å². The third-order valence-electron chi connectivity index (χ3n) is 5.10. The largest absolute Gasteiger partial charge is 0.379 e. The Balaban J connectivity index is 1.49. The number of carbonyl (C=O) groups is 1. The molecule has 1 aromatic rings. The zero-order valence-electron chi connectivity index (χ0n) is 14.8. The van der Waals surface area contributed by atoms with Crippen molar-refractivity contribution in [2.45, 2.75) is 26.3 Å². The normalized spacial score (nSPS) is 20.9. The van der Waals surface area contributed by atoms with E-state index < -0.39 is 0 Å². The van der Waals surface area contributed by atoms with Crippen molar-refractivity contribution in [3.8, 4) is 0 Å². The lowest BCUT2D eigenvalue weighted by molar-refractivity contribution is -0.133. The molecule has 0 aromatic carbocycles. The number of pyridine rings is 1. The van der Waals surface area contributed by atoms with E-state index in [9.17, 15) is 4.79 Å². The average Bonchev–Trinajstić information content (AvgIpc) is 2.63. The Kier molecular flexibility index (Phi) is 5.68. The fourth-order valence-electron chi connectivity index (χ4n) is 3.55. The van der Waals surface area contributed by atoms with Crippen molar-refractivity contribution in [1.82, 2.24) is 14.8 Å². The van der Waals surface area contributed by atoms with Crippen LogP contribution < -0.4 is 4.90 Å². The quantitative estimate of drug-likeness (QED) is 0.828. The predicted molar refractivity (Wildman–Crippen MR) is 94.2 cm³/mol. The summed E-state index contributed by atoms with van der Waals surface area (Å²) < 4.78 is 5.39. The zero-order chi connectivity index (χ0) is 16.9. The Bertz CT molecular complexity index is 552. The summed E-state index contributed by atoms with van der Waals surface area (Å²) in [5, 5.41) is 0. The van der Waals surface area contributed by atoms with Crippen molar-refractivity contribution in [2.24, 2.45) is 0 Å². The van der Waals surface area contributed by atoms with Crippen LogP contribution in [0.25, 0.3) is 0 Å². The highest BCUT2D eigenvalue weighted by atomic mass is 16.5. The number of rotatable bonds is 4. The van der Waals surface area contributed by atoms with Crippen molar-refractivity contribution in [3.63, 3.8) is 0 Å². The second-order valence-corrected chi connectivity index (χ2v) is 6.73. The minimum atomic E-state index is 0.278. The molecule has 6 heteroatoms. The summed E-state index contributed by atoms with van der Waals surface area (Å²) in [6.07, 6.45) is 4.34. The number of amides is 1. The first-order chi connectivity index (χ1) is 11.6. The van der Waals surface area contributed by atoms with Gasteiger partial charge in [-0.05, 0) is 25.5 Å². The van der Waals surface area contributed by atoms with E-state index in [1.165, 1.54) is 11.3 Å². The van der Waals surface area contributed by atoms with Crippen molar-refractivity contribution in [2.75, 3.05) is 57.4 Å². The van der Waals surface area contributed by atoms with Gasteiger partial charge < -0.3 is 14.5 Å². The van der Waals surface area contributed by atoms with Crippen LogP contribution in [0.3, 0.4) is 0 Å². The molecule has 132 valence electrons. The molecular formula is C18H28N4O2. The van der Waals surface area contributed by atoms with E-state index >= 15 is 0 Å². The molecule has 3 heterocycles. The molecule has 6 nitrogen and oxygen atoms in total. The van der Waals surface area contributed by atoms with Gasteiger partial charge in [0.05, 0.1) is 13.2 Å². The summed E-state index contributed by atoms with van der Waals surface area (Å²) in [6.45, 7) is 11.1. The summed E-state index contributed by atoms with van der Waals surface area (Å²) in [7, 11) is 0. The van der Waals surface area contributed by atoms with Gasteiger partial charge in [-0.1, -0.05) is 0 Å². The zero-order valence-corrected chi connectivity index (χ0v) is 14.8. The molecule has 1 amide bonds. The van der Waals surface area contributed by atoms with Crippen molar-refractivity contribution < 1.29 is 9.53 Å². The van der Waals surface area contributed by atoms with Gasteiger partial charge in [0.25, 0.3) is 0 Å². The van der Waals surface area contributed by atoms with Gasteiger partial charge in [-0.15, -0.1) is 0 Å². The third kappa shape index (κ3) is 4.05. The Labute approximate surface area is 144 Å². The summed E-state index contributed by atoms with van der Waals surface area (Å²) in [5.74, 6) is 0.278. The maximum atomic E-state index is 12.6. The van der Waals surface area contributed by atoms with Gasteiger partial charge >= 0.3 is 0 Å². The maximum absolute atomic E-state index is 12.6. The van der Waals surface area contributed by atoms with Crippen molar-refractivity contribution in [1.29, 1.82) is 0 Å². The Morgan fingerprint density at radius 2 is 1.92 bits per heavy atom. The molecule has 2 saturated heterocycles. The molecule has 1 aromatic heterocycles. The number of piperazine rings is 1. The highest BCUT2D eigenvalue weighted by Gasteiger charge is 2.25. The molecule has 0 aliphatic carbocycles. The number of morpholine rings is 1. The van der Waals surface area contributed by atoms with Crippen LogP contribution >= 0.6 is 0 Å². The lowest BCUT2D eigenvalue weighted by Crippen LogP contribution is -2.51. The number of carbonyl (C=O) groups excluding carboxylic acids is 1. The summed E-state index contributed by atoms with van der Waals surface area (Å²) in [5.41, 5.74) is 2.43. The second-order valence-electron chi connectivity index (χ2n) is 6.73. The molecule has 0 N–H and O–H groups in total. The molecule has 1 unspecified atom stereocenters. The summed E-state index contributed by atoms with van der Waals surface area (Å²) in [4.78, 5) is 23.5. The predicted octanol–water partition coefficient (Wildman–Crippen LogP) is 1.15. The number of ether oxygens (including phenoxy) is 1. The van der Waals surface area contributed by atoms with E-state index in [1.807, 2.05) is 17.3 Å². The van der Waals surface area contributed by atoms with E-state index in [0.29, 0.717) is 12.5 Å². The molecule has 2 aliphatic heterocycles. The first-order valence-electron chi connectivity index (χ1n) is 8.90. The minimum absolute atomic E-state index is 0.278. The average molecular weight is 332 g/mol. The molecule has 24 heavy (non-hydrogen) atoms. The van der Waals surface area contributed by atoms with Gasteiger partial charge in [-0.2, -0.15) is 0 Å². The monoisotopic (exact) mass is 332 g/mol. The van der Waals surface area contributed by atoms with Crippen LogP contribution in [0.2, 0.25) is 0 Å². The minimum Gasteiger partial charge on any atom is -0.379 e. The fourth-order valence-corrected chi connectivity index (χ4v) is 3.55. The van der Waals surface area contributed by atoms with Gasteiger partial charge in [0.15, 0.2) is 0 Å². The van der Waals surface area contributed by atoms with Crippen molar-refractivity contribution in [3.05, 3.63) is 24.0 Å². The molecule has 2 fully saturated rings. The molecule has 0 bridgehead atoms. The number of nitrogens with zero attached hydrogens (tertiary/aromatic N) is 4. The first kappa shape index (κ1) is 17.2.